The largest absolute Gasteiger partial charge is 0.268 e. The third-order valence-electron chi connectivity index (χ3n) is 3.12. The van der Waals surface area contributed by atoms with Crippen LogP contribution in [0, 0.1) is 36.2 Å². The quantitative estimate of drug-likeness (QED) is 0.746. The molecular formula is C18H11N3. The maximum Gasteiger partial charge on any atom is 0.268 e. The van der Waals surface area contributed by atoms with Crippen LogP contribution < -0.4 is 10.4 Å². The number of nitrogens with zero attached hydrogens (tertiary/aromatic N) is 3. The molecular weight excluding hydrogens is 258 g/mol. The first-order valence-corrected chi connectivity index (χ1v) is 6.29. The summed E-state index contributed by atoms with van der Waals surface area (Å²) in [6.45, 7) is 8.93. The summed E-state index contributed by atoms with van der Waals surface area (Å²) in [6.07, 6.45) is 0. The molecule has 2 aromatic carbocycles. The second-order valence-electron chi connectivity index (χ2n) is 4.50. The molecule has 0 heterocycles. The first kappa shape index (κ1) is 14.1. The fourth-order valence-electron chi connectivity index (χ4n) is 1.96. The third kappa shape index (κ3) is 2.98. The minimum Gasteiger partial charge on any atom is -0.226 e. The molecule has 0 atom stereocenters. The molecule has 0 saturated heterocycles. The van der Waals surface area contributed by atoms with Gasteiger partial charge in [-0.25, -0.2) is 10.1 Å². The van der Waals surface area contributed by atoms with Gasteiger partial charge in [-0.05, 0) is 22.9 Å². The van der Waals surface area contributed by atoms with Crippen LogP contribution in [-0.4, -0.2) is 0 Å². The lowest BCUT2D eigenvalue weighted by Crippen LogP contribution is -2.11. The van der Waals surface area contributed by atoms with Gasteiger partial charge in [-0.3, -0.25) is 0 Å². The molecule has 0 unspecified atom stereocenters. The SMILES string of the molecule is [C-]#[N+]C(C#N)=c1ccc(=C(C#N)c2ccc(C)cc2)cc1. The Morgan fingerprint density at radius 1 is 0.905 bits per heavy atom. The Labute approximate surface area is 123 Å². The molecule has 0 aromatic heterocycles. The molecule has 0 radical (unpaired) electrons. The number of aryl methyl sites for hydroxylation is 1. The second-order valence-corrected chi connectivity index (χ2v) is 4.50. The van der Waals surface area contributed by atoms with Gasteiger partial charge in [0.25, 0.3) is 5.70 Å². The maximum atomic E-state index is 9.38. The van der Waals surface area contributed by atoms with E-state index >= 15 is 0 Å². The summed E-state index contributed by atoms with van der Waals surface area (Å²) in [5.41, 5.74) is 2.61. The van der Waals surface area contributed by atoms with Crippen molar-refractivity contribution in [2.24, 2.45) is 0 Å². The first-order chi connectivity index (χ1) is 10.2. The van der Waals surface area contributed by atoms with Crippen LogP contribution >= 0.6 is 0 Å². The molecule has 0 aliphatic rings. The van der Waals surface area contributed by atoms with Gasteiger partial charge in [0, 0.05) is 0 Å². The van der Waals surface area contributed by atoms with Crippen molar-refractivity contribution in [3.63, 3.8) is 0 Å². The fraction of sp³-hybridized carbons (Fsp3) is 0.0556. The topological polar surface area (TPSA) is 51.9 Å². The molecule has 0 spiro atoms. The Hall–Kier alpha value is -3.35. The standard InChI is InChI=1S/C18H11N3/c1-13-3-5-14(6-4-13)17(11-19)15-7-9-16(10-8-15)18(12-20)21-2/h3-10H,1H3. The van der Waals surface area contributed by atoms with E-state index in [0.29, 0.717) is 10.8 Å². The van der Waals surface area contributed by atoms with Gasteiger partial charge in [-0.1, -0.05) is 54.1 Å². The third-order valence-corrected chi connectivity index (χ3v) is 3.12. The summed E-state index contributed by atoms with van der Waals surface area (Å²) in [6, 6.07) is 18.7. The summed E-state index contributed by atoms with van der Waals surface area (Å²) >= 11 is 0. The van der Waals surface area contributed by atoms with Crippen LogP contribution in [0.5, 0.6) is 0 Å². The number of hydrogen-bond acceptors (Lipinski definition) is 2. The highest BCUT2D eigenvalue weighted by atomic mass is 14.7. The predicted octanol–water partition coefficient (Wildman–Crippen LogP) is 2.27. The highest BCUT2D eigenvalue weighted by molar-refractivity contribution is 5.76. The normalized spacial score (nSPS) is 9.05. The van der Waals surface area contributed by atoms with Crippen molar-refractivity contribution in [2.75, 3.05) is 0 Å². The van der Waals surface area contributed by atoms with Crippen molar-refractivity contribution in [3.8, 4) is 12.1 Å². The van der Waals surface area contributed by atoms with Crippen LogP contribution in [0.3, 0.4) is 0 Å². The second kappa shape index (κ2) is 6.20. The molecule has 3 heteroatoms. The maximum absolute atomic E-state index is 9.38. The smallest absolute Gasteiger partial charge is 0.226 e. The molecule has 0 fully saturated rings. The van der Waals surface area contributed by atoms with Crippen LogP contribution in [0.2, 0.25) is 0 Å². The van der Waals surface area contributed by atoms with E-state index < -0.39 is 0 Å². The molecule has 0 aliphatic carbocycles. The lowest BCUT2D eigenvalue weighted by Gasteiger charge is -2.00. The van der Waals surface area contributed by atoms with E-state index in [1.54, 1.807) is 24.3 Å². The van der Waals surface area contributed by atoms with Gasteiger partial charge in [-0.2, -0.15) is 5.26 Å². The van der Waals surface area contributed by atoms with E-state index in [-0.39, 0.29) is 5.70 Å². The van der Waals surface area contributed by atoms with Gasteiger partial charge in [-0.15, -0.1) is 0 Å². The monoisotopic (exact) mass is 269 g/mol. The van der Waals surface area contributed by atoms with Crippen LogP contribution in [0.1, 0.15) is 11.1 Å². The van der Waals surface area contributed by atoms with Crippen LogP contribution in [0.15, 0.2) is 48.5 Å². The lowest BCUT2D eigenvalue weighted by atomic mass is 10.0. The van der Waals surface area contributed by atoms with E-state index in [4.69, 9.17) is 11.8 Å². The summed E-state index contributed by atoms with van der Waals surface area (Å²) < 4.78 is 0. The average Bonchev–Trinajstić information content (AvgIpc) is 2.52. The highest BCUT2D eigenvalue weighted by Gasteiger charge is 2.01. The van der Waals surface area contributed by atoms with E-state index in [9.17, 15) is 5.26 Å². The van der Waals surface area contributed by atoms with Gasteiger partial charge < -0.3 is 0 Å². The molecule has 2 rings (SSSR count). The zero-order valence-electron chi connectivity index (χ0n) is 11.5. The molecule has 2 aromatic rings. The molecule has 0 aliphatic heterocycles. The van der Waals surface area contributed by atoms with Gasteiger partial charge in [0.05, 0.1) is 18.2 Å². The van der Waals surface area contributed by atoms with E-state index in [0.717, 1.165) is 16.3 Å². The van der Waals surface area contributed by atoms with E-state index in [1.807, 2.05) is 37.3 Å². The lowest BCUT2D eigenvalue weighted by molar-refractivity contribution is 1.43. The molecule has 98 valence electrons. The van der Waals surface area contributed by atoms with Gasteiger partial charge in [0.2, 0.25) is 0 Å². The van der Waals surface area contributed by atoms with Crippen LogP contribution in [0.25, 0.3) is 16.1 Å². The number of nitriles is 2. The van der Waals surface area contributed by atoms with Gasteiger partial charge in [0.1, 0.15) is 6.07 Å². The van der Waals surface area contributed by atoms with Crippen molar-refractivity contribution in [1.82, 2.24) is 0 Å². The van der Waals surface area contributed by atoms with Crippen LogP contribution in [-0.2, 0) is 0 Å². The van der Waals surface area contributed by atoms with Gasteiger partial charge in [0.15, 0.2) is 0 Å². The Morgan fingerprint density at radius 3 is 1.95 bits per heavy atom. The molecule has 21 heavy (non-hydrogen) atoms. The fourth-order valence-corrected chi connectivity index (χ4v) is 1.96. The molecule has 0 bridgehead atoms. The minimum absolute atomic E-state index is 0.0513. The van der Waals surface area contributed by atoms with E-state index in [1.165, 1.54) is 0 Å². The molecule has 0 saturated carbocycles. The summed E-state index contributed by atoms with van der Waals surface area (Å²) in [7, 11) is 0. The number of rotatable bonds is 1. The van der Waals surface area contributed by atoms with E-state index in [2.05, 4.69) is 10.9 Å². The van der Waals surface area contributed by atoms with Crippen LogP contribution in [0.4, 0.5) is 0 Å². The number of benzene rings is 2. The van der Waals surface area contributed by atoms with Crippen molar-refractivity contribution >= 4 is 11.3 Å². The Balaban J connectivity index is 2.66. The Bertz CT molecular complexity index is 875. The minimum atomic E-state index is 0.0513. The molecule has 3 nitrogen and oxygen atoms in total. The first-order valence-electron chi connectivity index (χ1n) is 6.29. The molecule has 0 N–H and O–H groups in total. The highest BCUT2D eigenvalue weighted by Crippen LogP contribution is 2.11. The van der Waals surface area contributed by atoms with Crippen molar-refractivity contribution in [1.29, 1.82) is 10.5 Å². The Morgan fingerprint density at radius 2 is 1.48 bits per heavy atom. The summed E-state index contributed by atoms with van der Waals surface area (Å²) in [4.78, 5) is 3.17. The van der Waals surface area contributed by atoms with Gasteiger partial charge >= 0.3 is 0 Å². The van der Waals surface area contributed by atoms with Crippen molar-refractivity contribution in [2.45, 2.75) is 6.92 Å². The predicted molar refractivity (Wildman–Crippen MR) is 80.6 cm³/mol. The number of hydrogen-bond donors (Lipinski definition) is 0. The molecule has 0 amide bonds. The average molecular weight is 269 g/mol. The zero-order chi connectivity index (χ0) is 15.2. The van der Waals surface area contributed by atoms with Crippen molar-refractivity contribution in [3.05, 3.63) is 81.5 Å². The summed E-state index contributed by atoms with van der Waals surface area (Å²) in [5.74, 6) is 0. The van der Waals surface area contributed by atoms with Crippen molar-refractivity contribution < 1.29 is 0 Å². The Kier molecular flexibility index (Phi) is 4.15. The zero-order valence-corrected chi connectivity index (χ0v) is 11.5. The summed E-state index contributed by atoms with van der Waals surface area (Å²) in [5, 5.41) is 19.6.